The summed E-state index contributed by atoms with van der Waals surface area (Å²) in [6.07, 6.45) is 14.1. The van der Waals surface area contributed by atoms with Crippen LogP contribution in [0.3, 0.4) is 0 Å². The number of carbonyl (C=O) groups is 8. The first-order chi connectivity index (χ1) is 29.8. The van der Waals surface area contributed by atoms with E-state index in [2.05, 4.69) is 68.4 Å². The molecule has 0 aromatic carbocycles. The molecule has 0 bridgehead atoms. The predicted molar refractivity (Wildman–Crippen MR) is 249 cm³/mol. The molecule has 2 fully saturated rings. The van der Waals surface area contributed by atoms with Gasteiger partial charge in [0.15, 0.2) is 5.75 Å². The normalized spacial score (nSPS) is 12.6. The number of urea groups is 2. The molecule has 2 aliphatic heterocycles. The van der Waals surface area contributed by atoms with Crippen LogP contribution in [0.15, 0.2) is 39.7 Å². The van der Waals surface area contributed by atoms with Crippen molar-refractivity contribution in [3.05, 3.63) is 45.7 Å². The van der Waals surface area contributed by atoms with E-state index in [1.165, 1.54) is 45.1 Å². The van der Waals surface area contributed by atoms with Crippen LogP contribution in [-0.2, 0) is 67.4 Å². The second-order valence-corrected chi connectivity index (χ2v) is 24.3. The third-order valence-corrected chi connectivity index (χ3v) is 10.0. The number of hydrogen-bond acceptors (Lipinski definition) is 21. The van der Waals surface area contributed by atoms with Gasteiger partial charge in [-0.25, -0.2) is 47.9 Å². The minimum atomic E-state index is -3.31. The molecule has 23 nitrogen and oxygen atoms in total. The third kappa shape index (κ3) is 33.6. The van der Waals surface area contributed by atoms with Crippen LogP contribution in [0.2, 0.25) is 20.9 Å². The van der Waals surface area contributed by atoms with E-state index in [4.69, 9.17) is 51.1 Å². The van der Waals surface area contributed by atoms with Gasteiger partial charge in [0.25, 0.3) is 11.8 Å². The molecule has 4 N–H and O–H groups in total. The number of nitrogens with one attached hydrogen (secondary N) is 4. The second kappa shape index (κ2) is 34.4. The van der Waals surface area contributed by atoms with Crippen LogP contribution in [0.1, 0.15) is 20.3 Å². The third-order valence-electron chi connectivity index (χ3n) is 5.35. The van der Waals surface area contributed by atoms with Crippen LogP contribution < -0.4 is 26.0 Å². The van der Waals surface area contributed by atoms with E-state index in [0.29, 0.717) is 26.2 Å². The summed E-state index contributed by atoms with van der Waals surface area (Å²) in [5.74, 6) is -2.97. The molecule has 5 rings (SSSR count). The molecule has 2 saturated heterocycles. The van der Waals surface area contributed by atoms with Crippen LogP contribution in [-0.4, -0.2) is 129 Å². The quantitative estimate of drug-likeness (QED) is 0.0361. The zero-order valence-electron chi connectivity index (χ0n) is 34.9. The largest absolute Gasteiger partial charge is 0.494 e. The standard InChI is InChI=1S/2C6H8N2O3S.C5H3Cl3N2S.C5H5ClN2S.C4H4N2O3.C4H6O3.Cl3OP.Zn/c1-11-5-3-7-6(8-4-5)12(2,9)10;1-12(2)3-4(9)7-6(11)8-5(3)10;1-11-2-3(6)9-5(8)10-4(2)7;1-9-4-2-7-5(6)8-3-4;7-2-1-3(8)6-4(9)5-2;1-3(5)7-4(2)6;1-5(2,3)4;/h3-4H,1-2H3;1-2H3,(H2,7,8,9,10,11);1H3;2-3H,1H3;1H2,(H2,5,6,7,8,9);1-2H3;;. The topological polar surface area (TPSA) is 332 Å². The van der Waals surface area contributed by atoms with Crippen LogP contribution in [0, 0.1) is 0 Å². The van der Waals surface area contributed by atoms with Crippen molar-refractivity contribution in [2.24, 2.45) is 0 Å². The van der Waals surface area contributed by atoms with Crippen molar-refractivity contribution in [2.75, 3.05) is 38.4 Å². The summed E-state index contributed by atoms with van der Waals surface area (Å²) in [5, 5.41) is 5.34. The maximum atomic E-state index is 11.0. The van der Waals surface area contributed by atoms with Gasteiger partial charge in [0.2, 0.25) is 37.4 Å². The zero-order chi connectivity index (χ0) is 50.8. The minimum absolute atomic E-state index is 0. The van der Waals surface area contributed by atoms with E-state index in [1.54, 1.807) is 36.7 Å². The smallest absolute Gasteiger partial charge is 0.339 e. The molecule has 0 unspecified atom stereocenters. The average Bonchev–Trinajstić information content (AvgIpc) is 3.14. The van der Waals surface area contributed by atoms with Crippen LogP contribution in [0.5, 0.6) is 5.75 Å². The van der Waals surface area contributed by atoms with Crippen LogP contribution in [0.25, 0.3) is 0 Å². The Hall–Kier alpha value is -2.85. The Bertz CT molecular complexity index is 2280. The van der Waals surface area contributed by atoms with Gasteiger partial charge in [-0.2, -0.15) is 10.5 Å². The van der Waals surface area contributed by atoms with E-state index < -0.39 is 73.2 Å². The molecule has 3 aromatic heterocycles. The molecule has 0 spiro atoms. The van der Waals surface area contributed by atoms with Crippen molar-refractivity contribution in [1.29, 1.82) is 0 Å². The summed E-state index contributed by atoms with van der Waals surface area (Å²) in [6.45, 7) is 2.36. The minimum Gasteiger partial charge on any atom is -0.494 e. The summed E-state index contributed by atoms with van der Waals surface area (Å²) >= 11 is 39.1. The van der Waals surface area contributed by atoms with Gasteiger partial charge < -0.3 is 9.47 Å². The van der Waals surface area contributed by atoms with E-state index in [-0.39, 0.29) is 41.2 Å². The van der Waals surface area contributed by atoms with Gasteiger partial charge in [0, 0.05) is 56.9 Å². The van der Waals surface area contributed by atoms with Crippen LogP contribution >= 0.6 is 119 Å². The first kappa shape index (κ1) is 67.4. The Morgan fingerprint density at radius 1 is 0.727 bits per heavy atom. The number of ether oxygens (including phenoxy) is 2. The molecule has 0 atom stereocenters. The van der Waals surface area contributed by atoms with Gasteiger partial charge in [-0.15, -0.1) is 23.5 Å². The molecular formula is C30H34Cl7N10O13PS4Zn. The summed E-state index contributed by atoms with van der Waals surface area (Å²) in [4.78, 5) is 107. The van der Waals surface area contributed by atoms with Gasteiger partial charge >= 0.3 is 29.2 Å². The number of aromatic nitrogens is 6. The number of imide groups is 4. The Labute approximate surface area is 434 Å². The Balaban J connectivity index is -0.000000710. The number of carbonyl (C=O) groups excluding carboxylic acids is 8. The first-order valence-corrected chi connectivity index (χ1v) is 28.3. The molecule has 0 radical (unpaired) electrons. The monoisotopic (exact) mass is 1210 g/mol. The SMILES string of the molecule is CC(=O)OC(C)=O.COc1cnc(S(C)(=O)=O)nc1.CS(C)=C1C(=O)NC(=O)NC1=O.CSc1c(Cl)nc(Cl)nc1Cl.CSc1cnc(Cl)nc1.O=C1CC(=O)NC(=O)N1.O=P(Cl)(Cl)Cl.[Zn]. The number of nitrogens with zero attached hydrogens (tertiary/aromatic N) is 6. The average molecular weight is 1220 g/mol. The molecule has 36 heteroatoms. The summed E-state index contributed by atoms with van der Waals surface area (Å²) in [5.41, 5.74) is 0. The first-order valence-electron chi connectivity index (χ1n) is 16.0. The van der Waals surface area contributed by atoms with Gasteiger partial charge in [-0.1, -0.05) is 23.2 Å². The van der Waals surface area contributed by atoms with Gasteiger partial charge in [-0.05, 0) is 81.9 Å². The predicted octanol–water partition coefficient (Wildman–Crippen LogP) is 5.60. The fourth-order valence-corrected chi connectivity index (χ4v) is 6.38. The Kier molecular flexibility index (Phi) is 35.2. The number of rotatable bonds is 4. The molecule has 0 aliphatic carbocycles. The summed E-state index contributed by atoms with van der Waals surface area (Å²) < 4.78 is 40.0. The van der Waals surface area contributed by atoms with Crippen molar-refractivity contribution in [3.63, 3.8) is 0 Å². The molecular weight excluding hydrogens is 1180 g/mol. The van der Waals surface area contributed by atoms with Crippen molar-refractivity contribution in [3.8, 4) is 5.75 Å². The van der Waals surface area contributed by atoms with E-state index in [0.717, 1.165) is 11.2 Å². The molecule has 66 heavy (non-hydrogen) atoms. The Morgan fingerprint density at radius 2 is 1.12 bits per heavy atom. The number of thioether (sulfide) groups is 2. The second-order valence-electron chi connectivity index (χ2n) is 10.6. The maximum absolute atomic E-state index is 11.0. The number of amides is 8. The van der Waals surface area contributed by atoms with Crippen molar-refractivity contribution in [1.82, 2.24) is 51.2 Å². The number of esters is 2. The number of halogens is 7. The van der Waals surface area contributed by atoms with Crippen molar-refractivity contribution >= 4 is 182 Å². The molecule has 8 amide bonds. The van der Waals surface area contributed by atoms with Crippen LogP contribution in [0.4, 0.5) is 9.59 Å². The fraction of sp³-hybridized carbons (Fsp3) is 0.300. The van der Waals surface area contributed by atoms with E-state index in [9.17, 15) is 51.3 Å². The number of barbiturate groups is 2. The molecule has 362 valence electrons. The molecule has 0 saturated carbocycles. The summed E-state index contributed by atoms with van der Waals surface area (Å²) in [6, 6.07) is -1.49. The van der Waals surface area contributed by atoms with Gasteiger partial charge in [-0.3, -0.25) is 54.6 Å². The molecule has 2 aliphatic rings. The van der Waals surface area contributed by atoms with E-state index >= 15 is 0 Å². The Morgan fingerprint density at radius 3 is 1.41 bits per heavy atom. The maximum Gasteiger partial charge on any atom is 0.339 e. The number of sulfone groups is 1. The van der Waals surface area contributed by atoms with Crippen molar-refractivity contribution in [2.45, 2.75) is 35.2 Å². The summed E-state index contributed by atoms with van der Waals surface area (Å²) in [7, 11) is -2.29. The van der Waals surface area contributed by atoms with Crippen molar-refractivity contribution < 1.29 is 80.3 Å². The van der Waals surface area contributed by atoms with Gasteiger partial charge in [0.1, 0.15) is 21.6 Å². The fourth-order valence-electron chi connectivity index (χ4n) is 3.10. The van der Waals surface area contributed by atoms with Gasteiger partial charge in [0.05, 0.1) is 24.4 Å². The number of hydrogen-bond donors (Lipinski definition) is 4. The number of methoxy groups -OCH3 is 1. The molecule has 3 aromatic rings. The van der Waals surface area contributed by atoms with E-state index in [1.807, 2.05) is 33.8 Å². The zero-order valence-corrected chi connectivity index (χ0v) is 47.4. The molecule has 5 heterocycles.